The van der Waals surface area contributed by atoms with Crippen molar-refractivity contribution in [3.8, 4) is 11.8 Å². The molecule has 8 heteroatoms. The fourth-order valence-corrected chi connectivity index (χ4v) is 3.19. The highest BCUT2D eigenvalue weighted by Crippen LogP contribution is 2.25. The third kappa shape index (κ3) is 5.34. The van der Waals surface area contributed by atoms with Crippen molar-refractivity contribution in [2.45, 2.75) is 32.5 Å². The predicted octanol–water partition coefficient (Wildman–Crippen LogP) is 2.56. The van der Waals surface area contributed by atoms with Crippen molar-refractivity contribution in [3.63, 3.8) is 0 Å². The minimum absolute atomic E-state index is 0.152. The Morgan fingerprint density at radius 2 is 2.00 bits per heavy atom. The second-order valence-corrected chi connectivity index (χ2v) is 7.02. The number of nitrogens with zero attached hydrogens (tertiary/aromatic N) is 4. The Morgan fingerprint density at radius 3 is 2.68 bits per heavy atom. The van der Waals surface area contributed by atoms with E-state index in [-0.39, 0.29) is 12.7 Å². The quantitative estimate of drug-likeness (QED) is 0.708. The van der Waals surface area contributed by atoms with E-state index in [0.29, 0.717) is 11.8 Å². The third-order valence-electron chi connectivity index (χ3n) is 4.09. The summed E-state index contributed by atoms with van der Waals surface area (Å²) in [7, 11) is 0. The molecule has 0 atom stereocenters. The van der Waals surface area contributed by atoms with Crippen molar-refractivity contribution in [2.75, 3.05) is 31.6 Å². The van der Waals surface area contributed by atoms with Crippen molar-refractivity contribution in [2.24, 2.45) is 0 Å². The zero-order valence-corrected chi connectivity index (χ0v) is 15.5. The van der Waals surface area contributed by atoms with Crippen LogP contribution in [0.4, 0.5) is 0 Å². The first-order valence-electron chi connectivity index (χ1n) is 8.48. The van der Waals surface area contributed by atoms with E-state index in [1.54, 1.807) is 12.4 Å². The van der Waals surface area contributed by atoms with Gasteiger partial charge in [0.25, 0.3) is 11.8 Å². The average molecular weight is 364 g/mol. The molecule has 3 heterocycles. The number of likely N-dealkylation sites (tertiary alicyclic amines) is 1. The molecule has 3 rings (SSSR count). The van der Waals surface area contributed by atoms with E-state index < -0.39 is 0 Å². The van der Waals surface area contributed by atoms with Crippen LogP contribution in [-0.4, -0.2) is 57.8 Å². The zero-order chi connectivity index (χ0) is 17.5. The molecular formula is C17H24N4O3S. The maximum atomic E-state index is 6.06. The number of thioether (sulfide) groups is 1. The lowest BCUT2D eigenvalue weighted by atomic mass is 10.1. The van der Waals surface area contributed by atoms with Gasteiger partial charge in [-0.1, -0.05) is 5.16 Å². The maximum Gasteiger partial charge on any atom is 0.278 e. The molecule has 2 aromatic rings. The molecule has 136 valence electrons. The van der Waals surface area contributed by atoms with Gasteiger partial charge in [-0.15, -0.1) is 0 Å². The molecule has 0 bridgehead atoms. The number of hydrogen-bond acceptors (Lipinski definition) is 8. The predicted molar refractivity (Wildman–Crippen MR) is 96.1 cm³/mol. The SMILES string of the molecule is CSCCN1CCC(Oc2nccnc2OCc2cc(C)on2)CC1. The van der Waals surface area contributed by atoms with Crippen LogP contribution in [0.5, 0.6) is 11.8 Å². The minimum atomic E-state index is 0.152. The number of aromatic nitrogens is 3. The Labute approximate surface area is 152 Å². The molecule has 0 saturated carbocycles. The number of rotatable bonds is 8. The Kier molecular flexibility index (Phi) is 6.52. The molecule has 0 aliphatic carbocycles. The van der Waals surface area contributed by atoms with Gasteiger partial charge in [0.05, 0.1) is 0 Å². The van der Waals surface area contributed by atoms with Gasteiger partial charge in [-0.05, 0) is 26.0 Å². The number of aryl methyl sites for hydroxylation is 1. The summed E-state index contributed by atoms with van der Waals surface area (Å²) in [6.45, 7) is 5.38. The maximum absolute atomic E-state index is 6.06. The van der Waals surface area contributed by atoms with Crippen LogP contribution in [0.25, 0.3) is 0 Å². The van der Waals surface area contributed by atoms with Crippen LogP contribution in [0.3, 0.4) is 0 Å². The molecule has 0 unspecified atom stereocenters. The Hall–Kier alpha value is -1.80. The van der Waals surface area contributed by atoms with Crippen LogP contribution in [0.2, 0.25) is 0 Å². The molecule has 1 saturated heterocycles. The Bertz CT molecular complexity index is 659. The summed E-state index contributed by atoms with van der Waals surface area (Å²) in [6, 6.07) is 1.83. The molecule has 1 aliphatic heterocycles. The summed E-state index contributed by atoms with van der Waals surface area (Å²) in [6.07, 6.45) is 7.50. The van der Waals surface area contributed by atoms with Gasteiger partial charge in [0.1, 0.15) is 24.2 Å². The number of piperidine rings is 1. The van der Waals surface area contributed by atoms with E-state index in [9.17, 15) is 0 Å². The first kappa shape index (κ1) is 18.0. The molecule has 0 spiro atoms. The smallest absolute Gasteiger partial charge is 0.278 e. The fraction of sp³-hybridized carbons (Fsp3) is 0.588. The summed E-state index contributed by atoms with van der Waals surface area (Å²) in [5.74, 6) is 2.77. The number of ether oxygens (including phenoxy) is 2. The van der Waals surface area contributed by atoms with Crippen molar-refractivity contribution >= 4 is 11.8 Å². The van der Waals surface area contributed by atoms with E-state index in [1.807, 2.05) is 24.8 Å². The van der Waals surface area contributed by atoms with Crippen molar-refractivity contribution in [1.29, 1.82) is 0 Å². The summed E-state index contributed by atoms with van der Waals surface area (Å²) >= 11 is 1.89. The van der Waals surface area contributed by atoms with E-state index in [1.165, 1.54) is 5.75 Å². The third-order valence-corrected chi connectivity index (χ3v) is 4.68. The minimum Gasteiger partial charge on any atom is -0.470 e. The first-order chi connectivity index (χ1) is 12.2. The van der Waals surface area contributed by atoms with E-state index in [0.717, 1.165) is 43.9 Å². The van der Waals surface area contributed by atoms with E-state index in [2.05, 4.69) is 26.3 Å². The van der Waals surface area contributed by atoms with Crippen LogP contribution in [0.1, 0.15) is 24.3 Å². The molecular weight excluding hydrogens is 340 g/mol. The normalized spacial score (nSPS) is 16.1. The van der Waals surface area contributed by atoms with Crippen LogP contribution in [0, 0.1) is 6.92 Å². The summed E-state index contributed by atoms with van der Waals surface area (Å²) < 4.78 is 16.8. The molecule has 1 aliphatic rings. The lowest BCUT2D eigenvalue weighted by molar-refractivity contribution is 0.0947. The Morgan fingerprint density at radius 1 is 1.24 bits per heavy atom. The first-order valence-corrected chi connectivity index (χ1v) is 9.88. The van der Waals surface area contributed by atoms with Gasteiger partial charge < -0.3 is 18.9 Å². The molecule has 2 aromatic heterocycles. The van der Waals surface area contributed by atoms with Gasteiger partial charge in [0, 0.05) is 43.8 Å². The van der Waals surface area contributed by atoms with Crippen LogP contribution < -0.4 is 9.47 Å². The van der Waals surface area contributed by atoms with Gasteiger partial charge >= 0.3 is 0 Å². The molecule has 25 heavy (non-hydrogen) atoms. The fourth-order valence-electron chi connectivity index (χ4n) is 2.75. The van der Waals surface area contributed by atoms with Gasteiger partial charge in [0.15, 0.2) is 0 Å². The standard InChI is InChI=1S/C17H24N4O3S/c1-13-11-14(20-24-13)12-22-16-17(19-6-5-18-16)23-15-3-7-21(8-4-15)9-10-25-2/h5-6,11,15H,3-4,7-10,12H2,1-2H3. The number of hydrogen-bond donors (Lipinski definition) is 0. The summed E-state index contributed by atoms with van der Waals surface area (Å²) in [5, 5.41) is 3.91. The summed E-state index contributed by atoms with van der Waals surface area (Å²) in [4.78, 5) is 11.0. The Balaban J connectivity index is 1.52. The molecule has 0 N–H and O–H groups in total. The lowest BCUT2D eigenvalue weighted by Crippen LogP contribution is -2.39. The van der Waals surface area contributed by atoms with Crippen molar-refractivity contribution in [3.05, 3.63) is 29.9 Å². The highest BCUT2D eigenvalue weighted by atomic mass is 32.2. The van der Waals surface area contributed by atoms with Crippen LogP contribution >= 0.6 is 11.8 Å². The monoisotopic (exact) mass is 364 g/mol. The molecule has 0 aromatic carbocycles. The molecule has 0 radical (unpaired) electrons. The second-order valence-electron chi connectivity index (χ2n) is 6.04. The topological polar surface area (TPSA) is 73.5 Å². The highest BCUT2D eigenvalue weighted by Gasteiger charge is 2.22. The van der Waals surface area contributed by atoms with Crippen LogP contribution in [0.15, 0.2) is 23.0 Å². The van der Waals surface area contributed by atoms with Gasteiger partial charge in [-0.25, -0.2) is 9.97 Å². The van der Waals surface area contributed by atoms with Gasteiger partial charge in [0.2, 0.25) is 0 Å². The largest absolute Gasteiger partial charge is 0.470 e. The molecule has 7 nitrogen and oxygen atoms in total. The zero-order valence-electron chi connectivity index (χ0n) is 14.7. The van der Waals surface area contributed by atoms with Gasteiger partial charge in [-0.3, -0.25) is 0 Å². The van der Waals surface area contributed by atoms with Crippen molar-refractivity contribution < 1.29 is 14.0 Å². The molecule has 0 amide bonds. The van der Waals surface area contributed by atoms with Crippen molar-refractivity contribution in [1.82, 2.24) is 20.0 Å². The van der Waals surface area contributed by atoms with E-state index in [4.69, 9.17) is 14.0 Å². The average Bonchev–Trinajstić information content (AvgIpc) is 3.06. The summed E-state index contributed by atoms with van der Waals surface area (Å²) in [5.41, 5.74) is 0.719. The molecule has 1 fully saturated rings. The lowest BCUT2D eigenvalue weighted by Gasteiger charge is -2.31. The van der Waals surface area contributed by atoms with E-state index >= 15 is 0 Å². The second kappa shape index (κ2) is 9.05. The van der Waals surface area contributed by atoms with Gasteiger partial charge in [-0.2, -0.15) is 11.8 Å². The highest BCUT2D eigenvalue weighted by molar-refractivity contribution is 7.98. The van der Waals surface area contributed by atoms with Crippen LogP contribution in [-0.2, 0) is 6.61 Å².